The number of benzene rings is 1. The summed E-state index contributed by atoms with van der Waals surface area (Å²) in [5, 5.41) is 0. The van der Waals surface area contributed by atoms with Gasteiger partial charge in [0.2, 0.25) is 0 Å². The van der Waals surface area contributed by atoms with Crippen molar-refractivity contribution < 1.29 is 9.13 Å². The molecular weight excluding hydrogens is 193 g/mol. The third kappa shape index (κ3) is 2.76. The first kappa shape index (κ1) is 10.6. The van der Waals surface area contributed by atoms with Gasteiger partial charge in [0, 0.05) is 19.6 Å². The summed E-state index contributed by atoms with van der Waals surface area (Å²) in [5.41, 5.74) is 2.24. The van der Waals surface area contributed by atoms with E-state index >= 15 is 0 Å². The molecular formula is C12H16FNO. The topological polar surface area (TPSA) is 12.5 Å². The van der Waals surface area contributed by atoms with Crippen LogP contribution in [0.15, 0.2) is 18.2 Å². The lowest BCUT2D eigenvalue weighted by Gasteiger charge is -2.27. The van der Waals surface area contributed by atoms with Crippen LogP contribution in [0.25, 0.3) is 0 Å². The molecule has 1 aliphatic rings. The summed E-state index contributed by atoms with van der Waals surface area (Å²) in [6.45, 7) is 6.41. The van der Waals surface area contributed by atoms with Crippen LogP contribution in [0, 0.1) is 12.7 Å². The van der Waals surface area contributed by atoms with Gasteiger partial charge in [-0.2, -0.15) is 0 Å². The van der Waals surface area contributed by atoms with Gasteiger partial charge < -0.3 is 4.74 Å². The summed E-state index contributed by atoms with van der Waals surface area (Å²) in [6, 6.07) is 5.00. The summed E-state index contributed by atoms with van der Waals surface area (Å²) in [6.07, 6.45) is 0. The molecule has 0 bridgehead atoms. The Morgan fingerprint density at radius 2 is 2.07 bits per heavy atom. The number of aryl methyl sites for hydroxylation is 1. The molecule has 1 heterocycles. The maximum atomic E-state index is 12.9. The second kappa shape index (κ2) is 4.73. The Kier molecular flexibility index (Phi) is 3.34. The van der Waals surface area contributed by atoms with Gasteiger partial charge in [0.15, 0.2) is 0 Å². The molecule has 3 heteroatoms. The first-order chi connectivity index (χ1) is 7.25. The molecule has 82 valence electrons. The van der Waals surface area contributed by atoms with Crippen molar-refractivity contribution in [3.05, 3.63) is 35.1 Å². The first-order valence-corrected chi connectivity index (χ1v) is 5.31. The maximum absolute atomic E-state index is 12.9. The van der Waals surface area contributed by atoms with Gasteiger partial charge in [-0.25, -0.2) is 4.39 Å². The molecule has 0 aromatic heterocycles. The van der Waals surface area contributed by atoms with E-state index in [0.29, 0.717) is 0 Å². The standard InChI is InChI=1S/C12H16FNO/c1-10-8-12(13)3-2-11(10)9-14-4-6-15-7-5-14/h2-3,8H,4-7,9H2,1H3. The highest BCUT2D eigenvalue weighted by atomic mass is 19.1. The number of morpholine rings is 1. The maximum Gasteiger partial charge on any atom is 0.123 e. The fourth-order valence-electron chi connectivity index (χ4n) is 1.84. The van der Waals surface area contributed by atoms with Crippen LogP contribution in [0.4, 0.5) is 4.39 Å². The molecule has 0 saturated carbocycles. The van der Waals surface area contributed by atoms with Crippen LogP contribution in [0.5, 0.6) is 0 Å². The van der Waals surface area contributed by atoms with Crippen molar-refractivity contribution >= 4 is 0 Å². The third-order valence-electron chi connectivity index (χ3n) is 2.80. The average Bonchev–Trinajstić information content (AvgIpc) is 2.24. The summed E-state index contributed by atoms with van der Waals surface area (Å²) >= 11 is 0. The van der Waals surface area contributed by atoms with E-state index in [1.54, 1.807) is 6.07 Å². The van der Waals surface area contributed by atoms with Crippen LogP contribution in [0.1, 0.15) is 11.1 Å². The van der Waals surface area contributed by atoms with E-state index in [0.717, 1.165) is 38.4 Å². The van der Waals surface area contributed by atoms with E-state index < -0.39 is 0 Å². The highest BCUT2D eigenvalue weighted by molar-refractivity contribution is 5.26. The molecule has 2 nitrogen and oxygen atoms in total. The lowest BCUT2D eigenvalue weighted by molar-refractivity contribution is 0.0341. The molecule has 1 aromatic rings. The van der Waals surface area contributed by atoms with Gasteiger partial charge in [-0.1, -0.05) is 6.07 Å². The van der Waals surface area contributed by atoms with Crippen molar-refractivity contribution in [1.29, 1.82) is 0 Å². The van der Waals surface area contributed by atoms with Crippen LogP contribution >= 0.6 is 0 Å². The molecule has 1 aliphatic heterocycles. The van der Waals surface area contributed by atoms with Gasteiger partial charge in [0.1, 0.15) is 5.82 Å². The van der Waals surface area contributed by atoms with Crippen LogP contribution in [-0.2, 0) is 11.3 Å². The molecule has 0 unspecified atom stereocenters. The number of halogens is 1. The number of rotatable bonds is 2. The molecule has 0 radical (unpaired) electrons. The Balaban J connectivity index is 2.03. The molecule has 15 heavy (non-hydrogen) atoms. The zero-order chi connectivity index (χ0) is 10.7. The van der Waals surface area contributed by atoms with Crippen molar-refractivity contribution in [3.8, 4) is 0 Å². The van der Waals surface area contributed by atoms with E-state index in [2.05, 4.69) is 4.90 Å². The number of hydrogen-bond donors (Lipinski definition) is 0. The number of ether oxygens (including phenoxy) is 1. The summed E-state index contributed by atoms with van der Waals surface area (Å²) in [4.78, 5) is 2.34. The normalized spacial score (nSPS) is 18.0. The second-order valence-corrected chi connectivity index (χ2v) is 3.96. The van der Waals surface area contributed by atoms with E-state index in [9.17, 15) is 4.39 Å². The molecule has 1 fully saturated rings. The fourth-order valence-corrected chi connectivity index (χ4v) is 1.84. The van der Waals surface area contributed by atoms with Gasteiger partial charge in [-0.05, 0) is 30.2 Å². The Bertz CT molecular complexity index is 334. The molecule has 0 N–H and O–H groups in total. The molecule has 0 atom stereocenters. The quantitative estimate of drug-likeness (QED) is 0.738. The molecule has 0 spiro atoms. The Hall–Kier alpha value is -0.930. The molecule has 0 amide bonds. The van der Waals surface area contributed by atoms with Crippen molar-refractivity contribution in [2.75, 3.05) is 26.3 Å². The highest BCUT2D eigenvalue weighted by Crippen LogP contribution is 2.13. The minimum Gasteiger partial charge on any atom is -0.379 e. The van der Waals surface area contributed by atoms with Crippen molar-refractivity contribution in [3.63, 3.8) is 0 Å². The summed E-state index contributed by atoms with van der Waals surface area (Å²) in [5.74, 6) is -0.154. The van der Waals surface area contributed by atoms with E-state index in [-0.39, 0.29) is 5.82 Å². The Labute approximate surface area is 89.7 Å². The number of hydrogen-bond acceptors (Lipinski definition) is 2. The average molecular weight is 209 g/mol. The molecule has 0 aliphatic carbocycles. The van der Waals surface area contributed by atoms with Crippen molar-refractivity contribution in [2.45, 2.75) is 13.5 Å². The highest BCUT2D eigenvalue weighted by Gasteiger charge is 2.11. The van der Waals surface area contributed by atoms with Gasteiger partial charge in [0.25, 0.3) is 0 Å². The largest absolute Gasteiger partial charge is 0.379 e. The van der Waals surface area contributed by atoms with E-state index in [1.807, 2.05) is 13.0 Å². The molecule has 1 aromatic carbocycles. The van der Waals surface area contributed by atoms with Crippen molar-refractivity contribution in [2.24, 2.45) is 0 Å². The van der Waals surface area contributed by atoms with Gasteiger partial charge in [-0.15, -0.1) is 0 Å². The predicted octanol–water partition coefficient (Wildman–Crippen LogP) is 1.97. The van der Waals surface area contributed by atoms with Gasteiger partial charge in [0.05, 0.1) is 13.2 Å². The zero-order valence-corrected chi connectivity index (χ0v) is 9.00. The van der Waals surface area contributed by atoms with Crippen LogP contribution in [0.3, 0.4) is 0 Å². The first-order valence-electron chi connectivity index (χ1n) is 5.31. The van der Waals surface area contributed by atoms with Gasteiger partial charge in [-0.3, -0.25) is 4.90 Å². The van der Waals surface area contributed by atoms with Crippen LogP contribution < -0.4 is 0 Å². The smallest absolute Gasteiger partial charge is 0.123 e. The van der Waals surface area contributed by atoms with Crippen molar-refractivity contribution in [1.82, 2.24) is 4.90 Å². The third-order valence-corrected chi connectivity index (χ3v) is 2.80. The van der Waals surface area contributed by atoms with Crippen LogP contribution in [-0.4, -0.2) is 31.2 Å². The molecule has 1 saturated heterocycles. The van der Waals surface area contributed by atoms with E-state index in [1.165, 1.54) is 11.6 Å². The minimum absolute atomic E-state index is 0.154. The summed E-state index contributed by atoms with van der Waals surface area (Å²) in [7, 11) is 0. The fraction of sp³-hybridized carbons (Fsp3) is 0.500. The SMILES string of the molecule is Cc1cc(F)ccc1CN1CCOCC1. The predicted molar refractivity (Wildman–Crippen MR) is 57.2 cm³/mol. The monoisotopic (exact) mass is 209 g/mol. The zero-order valence-electron chi connectivity index (χ0n) is 9.00. The Morgan fingerprint density at radius 1 is 1.33 bits per heavy atom. The van der Waals surface area contributed by atoms with Crippen LogP contribution in [0.2, 0.25) is 0 Å². The lowest BCUT2D eigenvalue weighted by Crippen LogP contribution is -2.35. The summed E-state index contributed by atoms with van der Waals surface area (Å²) < 4.78 is 18.2. The second-order valence-electron chi connectivity index (χ2n) is 3.96. The van der Waals surface area contributed by atoms with Gasteiger partial charge >= 0.3 is 0 Å². The Morgan fingerprint density at radius 3 is 2.73 bits per heavy atom. The lowest BCUT2D eigenvalue weighted by atomic mass is 10.1. The number of nitrogens with zero attached hydrogens (tertiary/aromatic N) is 1. The van der Waals surface area contributed by atoms with E-state index in [4.69, 9.17) is 4.74 Å². The minimum atomic E-state index is -0.154. The molecule has 2 rings (SSSR count).